The van der Waals surface area contributed by atoms with Crippen molar-refractivity contribution in [2.24, 2.45) is 5.41 Å². The van der Waals surface area contributed by atoms with Gasteiger partial charge in [0, 0.05) is 37.3 Å². The van der Waals surface area contributed by atoms with Crippen molar-refractivity contribution in [2.45, 2.75) is 27.3 Å². The highest BCUT2D eigenvalue weighted by Crippen LogP contribution is 2.26. The molecule has 0 atom stereocenters. The summed E-state index contributed by atoms with van der Waals surface area (Å²) in [6.45, 7) is 7.07. The average Bonchev–Trinajstić information content (AvgIpc) is 2.86. The van der Waals surface area contributed by atoms with Crippen molar-refractivity contribution in [3.8, 4) is 0 Å². The maximum atomic E-state index is 13.1. The predicted octanol–water partition coefficient (Wildman–Crippen LogP) is 6.76. The van der Waals surface area contributed by atoms with Crippen LogP contribution in [0, 0.1) is 11.2 Å². The molecule has 4 rings (SSSR count). The summed E-state index contributed by atoms with van der Waals surface area (Å²) in [5.41, 5.74) is 4.16. The van der Waals surface area contributed by atoms with E-state index >= 15 is 0 Å². The molecular formula is C30H32FN5O. The van der Waals surface area contributed by atoms with Crippen molar-refractivity contribution < 1.29 is 9.18 Å². The third kappa shape index (κ3) is 6.91. The van der Waals surface area contributed by atoms with Crippen molar-refractivity contribution in [1.82, 2.24) is 9.97 Å². The number of carbonyl (C=O) groups is 1. The van der Waals surface area contributed by atoms with Crippen LogP contribution >= 0.6 is 0 Å². The van der Waals surface area contributed by atoms with Crippen LogP contribution in [0.25, 0.3) is 17.0 Å². The smallest absolute Gasteiger partial charge is 0.255 e. The van der Waals surface area contributed by atoms with Crippen molar-refractivity contribution in [3.63, 3.8) is 0 Å². The molecule has 0 bridgehead atoms. The van der Waals surface area contributed by atoms with Crippen LogP contribution in [-0.2, 0) is 6.54 Å². The lowest BCUT2D eigenvalue weighted by molar-refractivity contribution is 0.102. The van der Waals surface area contributed by atoms with Gasteiger partial charge in [0.05, 0.1) is 5.52 Å². The van der Waals surface area contributed by atoms with Crippen LogP contribution in [0.1, 0.15) is 42.3 Å². The molecule has 1 amide bonds. The molecule has 0 aliphatic carbocycles. The van der Waals surface area contributed by atoms with E-state index in [1.54, 1.807) is 0 Å². The Morgan fingerprint density at radius 2 is 1.68 bits per heavy atom. The number of aromatic nitrogens is 2. The van der Waals surface area contributed by atoms with Gasteiger partial charge in [0.1, 0.15) is 11.6 Å². The van der Waals surface area contributed by atoms with E-state index in [1.165, 1.54) is 24.3 Å². The summed E-state index contributed by atoms with van der Waals surface area (Å²) >= 11 is 0. The Hall–Kier alpha value is -4.26. The molecule has 1 heterocycles. The van der Waals surface area contributed by atoms with E-state index in [4.69, 9.17) is 9.97 Å². The quantitative estimate of drug-likeness (QED) is 0.295. The summed E-state index contributed by atoms with van der Waals surface area (Å²) in [5, 5.41) is 7.23. The summed E-state index contributed by atoms with van der Waals surface area (Å²) in [6.07, 6.45) is 4.31. The third-order valence-corrected chi connectivity index (χ3v) is 5.66. The highest BCUT2D eigenvalue weighted by atomic mass is 19.1. The molecule has 4 aromatic rings. The van der Waals surface area contributed by atoms with E-state index in [0.29, 0.717) is 23.7 Å². The number of halogens is 1. The van der Waals surface area contributed by atoms with Crippen LogP contribution in [0.15, 0.2) is 72.8 Å². The van der Waals surface area contributed by atoms with Crippen molar-refractivity contribution in [1.29, 1.82) is 0 Å². The molecule has 0 radical (unpaired) electrons. The molecule has 0 saturated carbocycles. The molecule has 7 heteroatoms. The lowest BCUT2D eigenvalue weighted by atomic mass is 9.95. The van der Waals surface area contributed by atoms with Gasteiger partial charge in [-0.3, -0.25) is 4.79 Å². The number of rotatable bonds is 7. The zero-order chi connectivity index (χ0) is 26.6. The third-order valence-electron chi connectivity index (χ3n) is 5.66. The lowest BCUT2D eigenvalue weighted by Crippen LogP contribution is -2.14. The largest absolute Gasteiger partial charge is 0.365 e. The Morgan fingerprint density at radius 3 is 2.32 bits per heavy atom. The van der Waals surface area contributed by atoms with E-state index in [-0.39, 0.29) is 17.1 Å². The molecule has 37 heavy (non-hydrogen) atoms. The van der Waals surface area contributed by atoms with Crippen molar-refractivity contribution in [2.75, 3.05) is 29.6 Å². The van der Waals surface area contributed by atoms with E-state index in [0.717, 1.165) is 27.8 Å². The van der Waals surface area contributed by atoms with E-state index in [9.17, 15) is 9.18 Å². The van der Waals surface area contributed by atoms with Crippen LogP contribution in [0.5, 0.6) is 0 Å². The van der Waals surface area contributed by atoms with Crippen LogP contribution in [-0.4, -0.2) is 30.0 Å². The minimum absolute atomic E-state index is 0.0987. The maximum absolute atomic E-state index is 13.1. The lowest BCUT2D eigenvalue weighted by Gasteiger charge is -2.16. The molecule has 0 aliphatic heterocycles. The fourth-order valence-corrected chi connectivity index (χ4v) is 3.62. The number of hydrogen-bond acceptors (Lipinski definition) is 5. The standard InChI is InChI=1S/C30H32FN5O/c1-30(2,3)17-16-20-8-15-25-26(18-20)34-29(36(4)5)35-27(25)32-19-21-6-13-24(14-7-21)33-28(37)22-9-11-23(31)12-10-22/h6-18H,19H2,1-5H3,(H,33,37)(H,32,34,35). The number of carbonyl (C=O) groups excluding carboxylic acids is 1. The molecule has 0 fully saturated rings. The topological polar surface area (TPSA) is 70.2 Å². The number of nitrogens with zero attached hydrogens (tertiary/aromatic N) is 3. The molecule has 1 aromatic heterocycles. The van der Waals surface area contributed by atoms with Gasteiger partial charge < -0.3 is 15.5 Å². The van der Waals surface area contributed by atoms with Gasteiger partial charge in [-0.1, -0.05) is 51.1 Å². The Bertz CT molecular complexity index is 1420. The molecule has 3 aromatic carbocycles. The predicted molar refractivity (Wildman–Crippen MR) is 150 cm³/mol. The number of benzene rings is 3. The van der Waals surface area contributed by atoms with Crippen molar-refractivity contribution >= 4 is 40.3 Å². The van der Waals surface area contributed by atoms with Gasteiger partial charge in [-0.25, -0.2) is 9.37 Å². The normalized spacial score (nSPS) is 11.6. The number of allylic oxidation sites excluding steroid dienone is 1. The fraction of sp³-hybridized carbons (Fsp3) is 0.233. The van der Waals surface area contributed by atoms with Gasteiger partial charge in [0.15, 0.2) is 0 Å². The fourth-order valence-electron chi connectivity index (χ4n) is 3.62. The summed E-state index contributed by atoms with van der Waals surface area (Å²) in [4.78, 5) is 23.7. The van der Waals surface area contributed by atoms with Gasteiger partial charge in [-0.05, 0) is 65.1 Å². The summed E-state index contributed by atoms with van der Waals surface area (Å²) in [6, 6.07) is 19.2. The number of amides is 1. The van der Waals surface area contributed by atoms with E-state index < -0.39 is 0 Å². The number of fused-ring (bicyclic) bond motifs is 1. The van der Waals surface area contributed by atoms with E-state index in [2.05, 4.69) is 55.7 Å². The first-order chi connectivity index (χ1) is 17.6. The van der Waals surface area contributed by atoms with E-state index in [1.807, 2.05) is 49.3 Å². The second-order valence-corrected chi connectivity index (χ2v) is 10.3. The zero-order valence-corrected chi connectivity index (χ0v) is 21.8. The Labute approximate surface area is 217 Å². The minimum atomic E-state index is -0.375. The molecular weight excluding hydrogens is 465 g/mol. The SMILES string of the molecule is CN(C)c1nc(NCc2ccc(NC(=O)c3ccc(F)cc3)cc2)c2ccc(C=CC(C)(C)C)cc2n1. The number of nitrogens with one attached hydrogen (secondary N) is 2. The Balaban J connectivity index is 1.49. The molecule has 190 valence electrons. The summed E-state index contributed by atoms with van der Waals surface area (Å²) in [7, 11) is 3.85. The van der Waals surface area contributed by atoms with Crippen LogP contribution < -0.4 is 15.5 Å². The monoisotopic (exact) mass is 497 g/mol. The second kappa shape index (κ2) is 10.8. The first-order valence-corrected chi connectivity index (χ1v) is 12.2. The molecule has 0 unspecified atom stereocenters. The first kappa shape index (κ1) is 25.8. The first-order valence-electron chi connectivity index (χ1n) is 12.2. The molecule has 2 N–H and O–H groups in total. The summed E-state index contributed by atoms with van der Waals surface area (Å²) in [5.74, 6) is 0.728. The van der Waals surface area contributed by atoms with Gasteiger partial charge in [0.2, 0.25) is 5.95 Å². The van der Waals surface area contributed by atoms with Crippen LogP contribution in [0.3, 0.4) is 0 Å². The average molecular weight is 498 g/mol. The molecule has 6 nitrogen and oxygen atoms in total. The van der Waals surface area contributed by atoms with Crippen molar-refractivity contribution in [3.05, 3.63) is 95.3 Å². The summed E-state index contributed by atoms with van der Waals surface area (Å²) < 4.78 is 13.1. The number of hydrogen-bond donors (Lipinski definition) is 2. The molecule has 0 spiro atoms. The van der Waals surface area contributed by atoms with Gasteiger partial charge in [-0.15, -0.1) is 0 Å². The highest BCUT2D eigenvalue weighted by Gasteiger charge is 2.11. The Morgan fingerprint density at radius 1 is 0.973 bits per heavy atom. The zero-order valence-electron chi connectivity index (χ0n) is 21.8. The number of anilines is 3. The maximum Gasteiger partial charge on any atom is 0.255 e. The van der Waals surface area contributed by atoms with Crippen LogP contribution in [0.4, 0.5) is 21.8 Å². The van der Waals surface area contributed by atoms with Gasteiger partial charge in [-0.2, -0.15) is 4.98 Å². The van der Waals surface area contributed by atoms with Gasteiger partial charge in [0.25, 0.3) is 5.91 Å². The molecule has 0 saturated heterocycles. The second-order valence-electron chi connectivity index (χ2n) is 10.3. The van der Waals surface area contributed by atoms with Gasteiger partial charge >= 0.3 is 0 Å². The highest BCUT2D eigenvalue weighted by molar-refractivity contribution is 6.04. The minimum Gasteiger partial charge on any atom is -0.365 e. The molecule has 0 aliphatic rings. The Kier molecular flexibility index (Phi) is 7.53. The van der Waals surface area contributed by atoms with Crippen LogP contribution in [0.2, 0.25) is 0 Å².